The third-order valence-electron chi connectivity index (χ3n) is 5.39. The molecule has 0 radical (unpaired) electrons. The maximum atomic E-state index is 11.5. The van der Waals surface area contributed by atoms with Gasteiger partial charge in [0, 0.05) is 11.6 Å². The molecular weight excluding hydrogens is 388 g/mol. The van der Waals surface area contributed by atoms with E-state index in [1.807, 2.05) is 53.2 Å². The van der Waals surface area contributed by atoms with E-state index >= 15 is 0 Å². The second-order valence-corrected chi connectivity index (χ2v) is 7.84. The summed E-state index contributed by atoms with van der Waals surface area (Å²) in [6.07, 6.45) is 2.70. The maximum absolute atomic E-state index is 11.5. The van der Waals surface area contributed by atoms with Crippen LogP contribution in [0.1, 0.15) is 24.8 Å². The maximum Gasteiger partial charge on any atom is 0.240 e. The minimum Gasteiger partial charge on any atom is -0.476 e. The van der Waals surface area contributed by atoms with Crippen molar-refractivity contribution in [2.75, 3.05) is 19.7 Å². The quantitative estimate of drug-likeness (QED) is 0.575. The number of ether oxygens (including phenoxy) is 1. The minimum atomic E-state index is -0.227. The summed E-state index contributed by atoms with van der Waals surface area (Å²) in [5, 5.41) is 6.41. The average Bonchev–Trinajstić information content (AvgIpc) is 3.32. The van der Waals surface area contributed by atoms with Crippen molar-refractivity contribution in [1.29, 1.82) is 0 Å². The van der Waals surface area contributed by atoms with Crippen molar-refractivity contribution >= 4 is 28.4 Å². The molecule has 0 saturated carbocycles. The lowest BCUT2D eigenvalue weighted by Crippen LogP contribution is -2.40. The van der Waals surface area contributed by atoms with Crippen LogP contribution in [0, 0.1) is 0 Å². The van der Waals surface area contributed by atoms with Gasteiger partial charge >= 0.3 is 0 Å². The Kier molecular flexibility index (Phi) is 6.02. The summed E-state index contributed by atoms with van der Waals surface area (Å²) in [5.74, 6) is 0.415. The number of primary amides is 1. The molecule has 1 atom stereocenters. The summed E-state index contributed by atoms with van der Waals surface area (Å²) in [6.45, 7) is 2.92. The summed E-state index contributed by atoms with van der Waals surface area (Å²) >= 11 is 5.99. The molecule has 1 aliphatic rings. The molecule has 1 fully saturated rings. The SMILES string of the molecule is NC(=O)[C@@H]1CCCN1CCCOc1nn(Cc2ccc(Cl)cc2)c2ccccc12. The Hall–Kier alpha value is -2.57. The molecule has 2 aromatic carbocycles. The number of halogens is 1. The zero-order chi connectivity index (χ0) is 20.2. The van der Waals surface area contributed by atoms with Crippen LogP contribution in [-0.4, -0.2) is 46.3 Å². The topological polar surface area (TPSA) is 73.4 Å². The van der Waals surface area contributed by atoms with Crippen LogP contribution in [0.25, 0.3) is 10.9 Å². The summed E-state index contributed by atoms with van der Waals surface area (Å²) in [4.78, 5) is 13.7. The number of carbonyl (C=O) groups excluding carboxylic acids is 1. The fourth-order valence-electron chi connectivity index (χ4n) is 3.94. The van der Waals surface area contributed by atoms with Gasteiger partial charge in [0.25, 0.3) is 0 Å². The molecular formula is C22H25ClN4O2. The van der Waals surface area contributed by atoms with E-state index in [1.54, 1.807) is 0 Å². The van der Waals surface area contributed by atoms with Crippen LogP contribution < -0.4 is 10.5 Å². The number of likely N-dealkylation sites (tertiary alicyclic amines) is 1. The molecule has 4 rings (SSSR count). The molecule has 1 amide bonds. The molecule has 2 heterocycles. The van der Waals surface area contributed by atoms with E-state index in [0.717, 1.165) is 53.8 Å². The molecule has 2 N–H and O–H groups in total. The molecule has 6 nitrogen and oxygen atoms in total. The van der Waals surface area contributed by atoms with Crippen molar-refractivity contribution in [1.82, 2.24) is 14.7 Å². The highest BCUT2D eigenvalue weighted by atomic mass is 35.5. The van der Waals surface area contributed by atoms with Gasteiger partial charge in [0.05, 0.1) is 30.1 Å². The molecule has 152 valence electrons. The zero-order valence-corrected chi connectivity index (χ0v) is 17.0. The number of benzene rings is 2. The Morgan fingerprint density at radius 3 is 2.79 bits per heavy atom. The highest BCUT2D eigenvalue weighted by Gasteiger charge is 2.28. The van der Waals surface area contributed by atoms with E-state index in [-0.39, 0.29) is 11.9 Å². The number of fused-ring (bicyclic) bond motifs is 1. The number of aromatic nitrogens is 2. The van der Waals surface area contributed by atoms with Gasteiger partial charge in [0.2, 0.25) is 11.8 Å². The van der Waals surface area contributed by atoms with Crippen LogP contribution in [0.15, 0.2) is 48.5 Å². The Labute approximate surface area is 175 Å². The number of rotatable bonds is 8. The number of hydrogen-bond acceptors (Lipinski definition) is 4. The van der Waals surface area contributed by atoms with E-state index in [4.69, 9.17) is 27.2 Å². The van der Waals surface area contributed by atoms with Gasteiger partial charge in [-0.15, -0.1) is 5.10 Å². The molecule has 0 bridgehead atoms. The minimum absolute atomic E-state index is 0.130. The van der Waals surface area contributed by atoms with Gasteiger partial charge in [-0.25, -0.2) is 0 Å². The van der Waals surface area contributed by atoms with Crippen LogP contribution in [0.3, 0.4) is 0 Å². The predicted octanol–water partition coefficient (Wildman–Crippen LogP) is 3.46. The van der Waals surface area contributed by atoms with Crippen molar-refractivity contribution in [3.63, 3.8) is 0 Å². The van der Waals surface area contributed by atoms with E-state index in [0.29, 0.717) is 19.0 Å². The highest BCUT2D eigenvalue weighted by molar-refractivity contribution is 6.30. The molecule has 0 spiro atoms. The molecule has 1 saturated heterocycles. The lowest BCUT2D eigenvalue weighted by molar-refractivity contribution is -0.122. The second kappa shape index (κ2) is 8.84. The number of nitrogens with two attached hydrogens (primary N) is 1. The fraction of sp³-hybridized carbons (Fsp3) is 0.364. The number of nitrogens with zero attached hydrogens (tertiary/aromatic N) is 3. The summed E-state index contributed by atoms with van der Waals surface area (Å²) in [7, 11) is 0. The number of carbonyl (C=O) groups is 1. The highest BCUT2D eigenvalue weighted by Crippen LogP contribution is 2.26. The molecule has 1 aliphatic heterocycles. The van der Waals surface area contributed by atoms with E-state index in [9.17, 15) is 4.79 Å². The normalized spacial score (nSPS) is 17.1. The van der Waals surface area contributed by atoms with Crippen molar-refractivity contribution in [2.24, 2.45) is 5.73 Å². The van der Waals surface area contributed by atoms with Crippen molar-refractivity contribution in [3.05, 3.63) is 59.1 Å². The van der Waals surface area contributed by atoms with Crippen molar-refractivity contribution in [3.8, 4) is 5.88 Å². The average molecular weight is 413 g/mol. The first kappa shape index (κ1) is 19.7. The fourth-order valence-corrected chi connectivity index (χ4v) is 4.07. The smallest absolute Gasteiger partial charge is 0.240 e. The number of hydrogen-bond donors (Lipinski definition) is 1. The zero-order valence-electron chi connectivity index (χ0n) is 16.3. The Bertz CT molecular complexity index is 986. The first-order valence-electron chi connectivity index (χ1n) is 9.98. The van der Waals surface area contributed by atoms with E-state index in [1.165, 1.54) is 0 Å². The summed E-state index contributed by atoms with van der Waals surface area (Å²) in [5.41, 5.74) is 7.65. The van der Waals surface area contributed by atoms with Crippen LogP contribution in [0.5, 0.6) is 5.88 Å². The number of amides is 1. The van der Waals surface area contributed by atoms with Gasteiger partial charge < -0.3 is 10.5 Å². The van der Waals surface area contributed by atoms with Gasteiger partial charge in [-0.3, -0.25) is 14.4 Å². The molecule has 0 aliphatic carbocycles. The number of para-hydroxylation sites is 1. The molecule has 29 heavy (non-hydrogen) atoms. The molecule has 1 aromatic heterocycles. The Balaban J connectivity index is 1.41. The van der Waals surface area contributed by atoms with Crippen LogP contribution in [-0.2, 0) is 11.3 Å². The van der Waals surface area contributed by atoms with Crippen LogP contribution in [0.2, 0.25) is 5.02 Å². The van der Waals surface area contributed by atoms with Crippen molar-refractivity contribution in [2.45, 2.75) is 31.8 Å². The third kappa shape index (κ3) is 4.54. The van der Waals surface area contributed by atoms with Gasteiger partial charge in [0.1, 0.15) is 0 Å². The Morgan fingerprint density at radius 2 is 2.00 bits per heavy atom. The molecule has 3 aromatic rings. The predicted molar refractivity (Wildman–Crippen MR) is 114 cm³/mol. The van der Waals surface area contributed by atoms with Crippen LogP contribution >= 0.6 is 11.6 Å². The first-order chi connectivity index (χ1) is 14.1. The molecule has 7 heteroatoms. The largest absolute Gasteiger partial charge is 0.476 e. The van der Waals surface area contributed by atoms with Crippen LogP contribution in [0.4, 0.5) is 0 Å². The van der Waals surface area contributed by atoms with E-state index < -0.39 is 0 Å². The first-order valence-corrected chi connectivity index (χ1v) is 10.4. The lowest BCUT2D eigenvalue weighted by atomic mass is 10.2. The molecule has 0 unspecified atom stereocenters. The van der Waals surface area contributed by atoms with Gasteiger partial charge in [0.15, 0.2) is 0 Å². The lowest BCUT2D eigenvalue weighted by Gasteiger charge is -2.21. The van der Waals surface area contributed by atoms with E-state index in [2.05, 4.69) is 4.90 Å². The third-order valence-corrected chi connectivity index (χ3v) is 5.64. The summed E-state index contributed by atoms with van der Waals surface area (Å²) < 4.78 is 7.97. The van der Waals surface area contributed by atoms with Gasteiger partial charge in [-0.1, -0.05) is 35.9 Å². The second-order valence-electron chi connectivity index (χ2n) is 7.40. The van der Waals surface area contributed by atoms with Gasteiger partial charge in [-0.2, -0.15) is 0 Å². The van der Waals surface area contributed by atoms with Gasteiger partial charge in [-0.05, 0) is 55.6 Å². The summed E-state index contributed by atoms with van der Waals surface area (Å²) in [6, 6.07) is 15.7. The van der Waals surface area contributed by atoms with Crippen molar-refractivity contribution < 1.29 is 9.53 Å². The monoisotopic (exact) mass is 412 g/mol. The standard InChI is InChI=1S/C22H25ClN4O2/c23-17-10-8-16(9-11-17)15-27-19-6-2-1-5-18(19)22(25-27)29-14-4-13-26-12-3-7-20(26)21(24)28/h1-2,5-6,8-11,20H,3-4,7,12-15H2,(H2,24,28)/t20-/m0/s1. The Morgan fingerprint density at radius 1 is 1.21 bits per heavy atom.